The van der Waals surface area contributed by atoms with E-state index in [1.54, 1.807) is 16.8 Å². The lowest BCUT2D eigenvalue weighted by Gasteiger charge is -2.05. The molecular weight excluding hydrogens is 254 g/mol. The van der Waals surface area contributed by atoms with Crippen molar-refractivity contribution in [3.63, 3.8) is 0 Å². The van der Waals surface area contributed by atoms with Crippen LogP contribution in [0.3, 0.4) is 0 Å². The fraction of sp³-hybridized carbons (Fsp3) is 0.333. The van der Waals surface area contributed by atoms with Gasteiger partial charge in [-0.2, -0.15) is 5.10 Å². The molecule has 0 aliphatic carbocycles. The minimum atomic E-state index is -0.256. The summed E-state index contributed by atoms with van der Waals surface area (Å²) in [7, 11) is 1.85. The first-order valence-electron chi connectivity index (χ1n) is 6.60. The summed E-state index contributed by atoms with van der Waals surface area (Å²) < 4.78 is 7.02. The van der Waals surface area contributed by atoms with Gasteiger partial charge in [0.1, 0.15) is 6.61 Å². The van der Waals surface area contributed by atoms with E-state index in [0.29, 0.717) is 5.69 Å². The highest BCUT2D eigenvalue weighted by atomic mass is 16.5. The largest absolute Gasteiger partial charge is 0.459 e. The van der Waals surface area contributed by atoms with Crippen LogP contribution in [0.5, 0.6) is 0 Å². The van der Waals surface area contributed by atoms with Crippen molar-refractivity contribution in [2.75, 3.05) is 5.73 Å². The van der Waals surface area contributed by atoms with Gasteiger partial charge >= 0.3 is 5.97 Å². The van der Waals surface area contributed by atoms with Crippen molar-refractivity contribution in [2.45, 2.75) is 26.4 Å². The van der Waals surface area contributed by atoms with Crippen molar-refractivity contribution in [2.24, 2.45) is 7.05 Å². The molecule has 0 saturated carbocycles. The number of hydrogen-bond acceptors (Lipinski definition) is 4. The van der Waals surface area contributed by atoms with Gasteiger partial charge in [-0.05, 0) is 30.2 Å². The van der Waals surface area contributed by atoms with Crippen LogP contribution in [0.1, 0.15) is 23.9 Å². The normalized spacial score (nSPS) is 10.5. The van der Waals surface area contributed by atoms with Crippen LogP contribution in [0.2, 0.25) is 0 Å². The van der Waals surface area contributed by atoms with E-state index < -0.39 is 0 Å². The molecule has 20 heavy (non-hydrogen) atoms. The molecule has 106 valence electrons. The third-order valence-corrected chi connectivity index (χ3v) is 3.10. The number of esters is 1. The van der Waals surface area contributed by atoms with Gasteiger partial charge < -0.3 is 10.5 Å². The van der Waals surface area contributed by atoms with E-state index in [4.69, 9.17) is 10.5 Å². The van der Waals surface area contributed by atoms with Crippen molar-refractivity contribution < 1.29 is 9.53 Å². The maximum absolute atomic E-state index is 11.8. The number of anilines is 1. The molecule has 5 heteroatoms. The van der Waals surface area contributed by atoms with Gasteiger partial charge in [0.2, 0.25) is 0 Å². The Kier molecular flexibility index (Phi) is 4.40. The smallest absolute Gasteiger partial charge is 0.310 e. The van der Waals surface area contributed by atoms with E-state index in [9.17, 15) is 4.79 Å². The Labute approximate surface area is 118 Å². The van der Waals surface area contributed by atoms with Gasteiger partial charge in [0.25, 0.3) is 0 Å². The summed E-state index contributed by atoms with van der Waals surface area (Å²) >= 11 is 0. The zero-order valence-electron chi connectivity index (χ0n) is 11.8. The zero-order chi connectivity index (χ0) is 14.5. The molecule has 0 spiro atoms. The highest BCUT2D eigenvalue weighted by Gasteiger charge is 2.08. The molecule has 1 aromatic heterocycles. The average molecular weight is 273 g/mol. The summed E-state index contributed by atoms with van der Waals surface area (Å²) in [4.78, 5) is 11.8. The molecule has 0 aliphatic rings. The molecule has 1 aromatic carbocycles. The Hall–Kier alpha value is -2.30. The maximum Gasteiger partial charge on any atom is 0.310 e. The molecule has 0 radical (unpaired) electrons. The Morgan fingerprint density at radius 1 is 1.35 bits per heavy atom. The summed E-state index contributed by atoms with van der Waals surface area (Å²) in [5.74, 6) is -0.256. The summed E-state index contributed by atoms with van der Waals surface area (Å²) in [5.41, 5.74) is 9.07. The Morgan fingerprint density at radius 2 is 2.05 bits per heavy atom. The van der Waals surface area contributed by atoms with Crippen molar-refractivity contribution in [3.8, 4) is 0 Å². The Bertz CT molecular complexity index is 588. The highest BCUT2D eigenvalue weighted by molar-refractivity contribution is 5.72. The fourth-order valence-electron chi connectivity index (χ4n) is 1.89. The minimum absolute atomic E-state index is 0.247. The summed E-state index contributed by atoms with van der Waals surface area (Å²) in [5, 5.41) is 4.31. The first-order chi connectivity index (χ1) is 9.58. The van der Waals surface area contributed by atoms with Gasteiger partial charge in [0.05, 0.1) is 17.8 Å². The van der Waals surface area contributed by atoms with Crippen molar-refractivity contribution in [1.29, 1.82) is 0 Å². The lowest BCUT2D eigenvalue weighted by atomic mass is 10.1. The number of nitrogens with two attached hydrogens (primary N) is 1. The number of carbonyl (C=O) groups excluding carboxylic acids is 1. The molecule has 5 nitrogen and oxygen atoms in total. The lowest BCUT2D eigenvalue weighted by molar-refractivity contribution is -0.144. The third-order valence-electron chi connectivity index (χ3n) is 3.10. The van der Waals surface area contributed by atoms with Crippen molar-refractivity contribution in [3.05, 3.63) is 47.3 Å². The van der Waals surface area contributed by atoms with Crippen LogP contribution in [-0.4, -0.2) is 15.7 Å². The number of ether oxygens (including phenoxy) is 1. The number of nitrogens with zero attached hydrogens (tertiary/aromatic N) is 2. The topological polar surface area (TPSA) is 70.1 Å². The molecular formula is C15H19N3O2. The lowest BCUT2D eigenvalue weighted by Crippen LogP contribution is -2.10. The molecule has 1 heterocycles. The quantitative estimate of drug-likeness (QED) is 0.666. The third kappa shape index (κ3) is 3.60. The molecule has 0 aliphatic heterocycles. The van der Waals surface area contributed by atoms with Gasteiger partial charge in [0, 0.05) is 12.7 Å². The van der Waals surface area contributed by atoms with Gasteiger partial charge in [-0.3, -0.25) is 9.48 Å². The Balaban J connectivity index is 1.88. The van der Waals surface area contributed by atoms with Crippen LogP contribution in [0.15, 0.2) is 30.3 Å². The van der Waals surface area contributed by atoms with Gasteiger partial charge in [0.15, 0.2) is 0 Å². The molecule has 0 fully saturated rings. The van der Waals surface area contributed by atoms with Gasteiger partial charge in [-0.25, -0.2) is 0 Å². The second-order valence-corrected chi connectivity index (χ2v) is 4.68. The minimum Gasteiger partial charge on any atom is -0.459 e. The van der Waals surface area contributed by atoms with E-state index in [0.717, 1.165) is 23.4 Å². The molecule has 0 atom stereocenters. The van der Waals surface area contributed by atoms with Crippen LogP contribution in [-0.2, 0) is 36.0 Å². The average Bonchev–Trinajstić information content (AvgIpc) is 2.80. The molecule has 2 rings (SSSR count). The first-order valence-corrected chi connectivity index (χ1v) is 6.60. The molecule has 2 N–H and O–H groups in total. The molecule has 0 unspecified atom stereocenters. The molecule has 2 aromatic rings. The van der Waals surface area contributed by atoms with Gasteiger partial charge in [-0.1, -0.05) is 19.1 Å². The first kappa shape index (κ1) is 14.1. The van der Waals surface area contributed by atoms with Gasteiger partial charge in [-0.15, -0.1) is 0 Å². The highest BCUT2D eigenvalue weighted by Crippen LogP contribution is 2.09. The number of nitrogen functional groups attached to an aromatic ring is 1. The van der Waals surface area contributed by atoms with E-state index in [-0.39, 0.29) is 19.0 Å². The Morgan fingerprint density at radius 3 is 2.65 bits per heavy atom. The number of aromatic nitrogens is 2. The summed E-state index contributed by atoms with van der Waals surface area (Å²) in [6.07, 6.45) is 1.12. The number of aryl methyl sites for hydroxylation is 2. The van der Waals surface area contributed by atoms with E-state index in [1.807, 2.05) is 32.2 Å². The van der Waals surface area contributed by atoms with Crippen LogP contribution in [0.4, 0.5) is 5.69 Å². The predicted molar refractivity (Wildman–Crippen MR) is 76.9 cm³/mol. The monoisotopic (exact) mass is 273 g/mol. The molecule has 0 saturated heterocycles. The predicted octanol–water partition coefficient (Wildman–Crippen LogP) is 1.85. The van der Waals surface area contributed by atoms with E-state index in [2.05, 4.69) is 5.10 Å². The second-order valence-electron chi connectivity index (χ2n) is 4.68. The SMILES string of the molecule is CCc1cc(COC(=O)Cc2ccc(N)cc2)n(C)n1. The number of hydrogen-bond donors (Lipinski definition) is 1. The molecule has 0 amide bonds. The number of benzene rings is 1. The number of rotatable bonds is 5. The molecule has 0 bridgehead atoms. The van der Waals surface area contributed by atoms with Crippen LogP contribution >= 0.6 is 0 Å². The van der Waals surface area contributed by atoms with Crippen molar-refractivity contribution in [1.82, 2.24) is 9.78 Å². The fourth-order valence-corrected chi connectivity index (χ4v) is 1.89. The second kappa shape index (κ2) is 6.23. The number of carbonyl (C=O) groups is 1. The van der Waals surface area contributed by atoms with Crippen LogP contribution in [0.25, 0.3) is 0 Å². The van der Waals surface area contributed by atoms with Crippen LogP contribution < -0.4 is 5.73 Å². The standard InChI is InChI=1S/C15H19N3O2/c1-3-13-9-14(18(2)17-13)10-20-15(19)8-11-4-6-12(16)7-5-11/h4-7,9H,3,8,10,16H2,1-2H3. The maximum atomic E-state index is 11.8. The summed E-state index contributed by atoms with van der Waals surface area (Å²) in [6, 6.07) is 9.16. The van der Waals surface area contributed by atoms with E-state index >= 15 is 0 Å². The van der Waals surface area contributed by atoms with E-state index in [1.165, 1.54) is 0 Å². The van der Waals surface area contributed by atoms with Crippen molar-refractivity contribution >= 4 is 11.7 Å². The summed E-state index contributed by atoms with van der Waals surface area (Å²) in [6.45, 7) is 2.29. The van der Waals surface area contributed by atoms with Crippen LogP contribution in [0, 0.1) is 0 Å². The zero-order valence-corrected chi connectivity index (χ0v) is 11.8.